The third-order valence-corrected chi connectivity index (χ3v) is 3.84. The molecule has 0 aromatic rings. The first kappa shape index (κ1) is 14.1. The van der Waals surface area contributed by atoms with Crippen LogP contribution in [0.5, 0.6) is 0 Å². The van der Waals surface area contributed by atoms with Crippen molar-refractivity contribution in [3.05, 3.63) is 0 Å². The number of aliphatic hydroxyl groups is 1. The van der Waals surface area contributed by atoms with Crippen molar-refractivity contribution in [2.24, 2.45) is 5.92 Å². The highest BCUT2D eigenvalue weighted by Gasteiger charge is 2.34. The Morgan fingerprint density at radius 3 is 1.93 bits per heavy atom. The van der Waals surface area contributed by atoms with Crippen LogP contribution in [-0.2, 0) is 13.6 Å². The van der Waals surface area contributed by atoms with E-state index in [-0.39, 0.29) is 19.1 Å². The molecule has 1 N–H and O–H groups in total. The van der Waals surface area contributed by atoms with Crippen LogP contribution in [0.1, 0.15) is 34.1 Å². The summed E-state index contributed by atoms with van der Waals surface area (Å²) in [7, 11) is -3.31. The van der Waals surface area contributed by atoms with E-state index in [9.17, 15) is 9.67 Å². The topological polar surface area (TPSA) is 55.8 Å². The van der Waals surface area contributed by atoms with Crippen LogP contribution in [0, 0.1) is 5.92 Å². The van der Waals surface area contributed by atoms with E-state index in [2.05, 4.69) is 0 Å². The summed E-state index contributed by atoms with van der Waals surface area (Å²) in [6.45, 7) is 7.93. The highest BCUT2D eigenvalue weighted by Crippen LogP contribution is 2.53. The van der Waals surface area contributed by atoms with Crippen LogP contribution in [-0.4, -0.2) is 24.2 Å². The third kappa shape index (κ3) is 4.56. The molecule has 0 spiro atoms. The molecule has 0 bridgehead atoms. The zero-order chi connectivity index (χ0) is 11.2. The van der Waals surface area contributed by atoms with Gasteiger partial charge in [-0.1, -0.05) is 13.8 Å². The molecule has 0 saturated carbocycles. The van der Waals surface area contributed by atoms with Gasteiger partial charge in [-0.15, -0.1) is 0 Å². The van der Waals surface area contributed by atoms with Gasteiger partial charge in [-0.05, 0) is 26.2 Å². The van der Waals surface area contributed by atoms with E-state index < -0.39 is 13.4 Å². The third-order valence-electron chi connectivity index (χ3n) is 1.67. The molecule has 0 aliphatic carbocycles. The maximum atomic E-state index is 12.0. The van der Waals surface area contributed by atoms with Crippen LogP contribution in [0.4, 0.5) is 0 Å². The summed E-state index contributed by atoms with van der Waals surface area (Å²) in [6, 6.07) is 0. The van der Waals surface area contributed by atoms with Gasteiger partial charge in [0.2, 0.25) is 0 Å². The summed E-state index contributed by atoms with van der Waals surface area (Å²) in [4.78, 5) is 0. The SMILES string of the molecule is CCOP(=O)(OCC)[C@@H](O)CC(C)C. The Kier molecular flexibility index (Phi) is 6.62. The van der Waals surface area contributed by atoms with Crippen molar-refractivity contribution < 1.29 is 18.7 Å². The lowest BCUT2D eigenvalue weighted by molar-refractivity contribution is 0.136. The van der Waals surface area contributed by atoms with E-state index in [1.54, 1.807) is 13.8 Å². The van der Waals surface area contributed by atoms with E-state index in [4.69, 9.17) is 9.05 Å². The van der Waals surface area contributed by atoms with Crippen LogP contribution in [0.15, 0.2) is 0 Å². The minimum absolute atomic E-state index is 0.263. The van der Waals surface area contributed by atoms with Gasteiger partial charge >= 0.3 is 7.60 Å². The summed E-state index contributed by atoms with van der Waals surface area (Å²) in [5, 5.41) is 9.69. The van der Waals surface area contributed by atoms with Gasteiger partial charge in [0.05, 0.1) is 13.2 Å². The highest BCUT2D eigenvalue weighted by molar-refractivity contribution is 7.54. The van der Waals surface area contributed by atoms with Crippen LogP contribution in [0.25, 0.3) is 0 Å². The molecule has 0 amide bonds. The highest BCUT2D eigenvalue weighted by atomic mass is 31.2. The molecule has 4 nitrogen and oxygen atoms in total. The number of hydrogen-bond acceptors (Lipinski definition) is 4. The first-order valence-corrected chi connectivity index (χ1v) is 6.64. The Balaban J connectivity index is 4.38. The zero-order valence-corrected chi connectivity index (χ0v) is 10.3. The monoisotopic (exact) mass is 224 g/mol. The Labute approximate surface area is 86.1 Å². The summed E-state index contributed by atoms with van der Waals surface area (Å²) in [6.07, 6.45) is 0.428. The molecule has 0 aliphatic rings. The molecule has 0 aromatic carbocycles. The van der Waals surface area contributed by atoms with Gasteiger partial charge in [0.15, 0.2) is 5.85 Å². The van der Waals surface area contributed by atoms with Crippen LogP contribution >= 0.6 is 7.60 Å². The maximum Gasteiger partial charge on any atom is 0.358 e. The molecule has 0 radical (unpaired) electrons. The second-order valence-corrected chi connectivity index (χ2v) is 5.68. The van der Waals surface area contributed by atoms with E-state index in [1.807, 2.05) is 13.8 Å². The molecule has 5 heteroatoms. The van der Waals surface area contributed by atoms with Gasteiger partial charge in [-0.2, -0.15) is 0 Å². The Bertz CT molecular complexity index is 183. The van der Waals surface area contributed by atoms with E-state index in [0.29, 0.717) is 6.42 Å². The van der Waals surface area contributed by atoms with Gasteiger partial charge in [-0.25, -0.2) is 0 Å². The van der Waals surface area contributed by atoms with Crippen molar-refractivity contribution in [3.8, 4) is 0 Å². The Hall–Kier alpha value is 0.110. The second kappa shape index (κ2) is 6.57. The number of aliphatic hydroxyl groups excluding tert-OH is 1. The normalized spacial score (nSPS) is 14.7. The van der Waals surface area contributed by atoms with Crippen LogP contribution in [0.3, 0.4) is 0 Å². The summed E-state index contributed by atoms with van der Waals surface area (Å²) < 4.78 is 22.0. The fourth-order valence-electron chi connectivity index (χ4n) is 1.12. The summed E-state index contributed by atoms with van der Waals surface area (Å²) in [5.41, 5.74) is 0. The number of hydrogen-bond donors (Lipinski definition) is 1. The quantitative estimate of drug-likeness (QED) is 0.675. The lowest BCUT2D eigenvalue weighted by Gasteiger charge is -2.23. The molecule has 0 rings (SSSR count). The molecule has 0 fully saturated rings. The molecule has 1 atom stereocenters. The maximum absolute atomic E-state index is 12.0. The predicted octanol–water partition coefficient (Wildman–Crippen LogP) is 2.62. The molecular formula is C9H21O4P. The fourth-order valence-corrected chi connectivity index (χ4v) is 2.94. The average molecular weight is 224 g/mol. The van der Waals surface area contributed by atoms with E-state index in [1.165, 1.54) is 0 Å². The van der Waals surface area contributed by atoms with Crippen molar-refractivity contribution in [2.45, 2.75) is 40.0 Å². The molecular weight excluding hydrogens is 203 g/mol. The van der Waals surface area contributed by atoms with Gasteiger partial charge in [-0.3, -0.25) is 4.57 Å². The van der Waals surface area contributed by atoms with Crippen molar-refractivity contribution >= 4 is 7.60 Å². The molecule has 0 unspecified atom stereocenters. The molecule has 0 heterocycles. The van der Waals surface area contributed by atoms with Crippen LogP contribution in [0.2, 0.25) is 0 Å². The lowest BCUT2D eigenvalue weighted by atomic mass is 10.1. The van der Waals surface area contributed by atoms with E-state index in [0.717, 1.165) is 0 Å². The standard InChI is InChI=1S/C9H21O4P/c1-5-12-14(11,13-6-2)9(10)7-8(3)4/h8-10H,5-7H2,1-4H3/t9-/m1/s1. The van der Waals surface area contributed by atoms with Gasteiger partial charge < -0.3 is 14.2 Å². The molecule has 14 heavy (non-hydrogen) atoms. The predicted molar refractivity (Wildman–Crippen MR) is 56.3 cm³/mol. The first-order valence-electron chi connectivity index (χ1n) is 5.03. The van der Waals surface area contributed by atoms with Crippen molar-refractivity contribution in [2.75, 3.05) is 13.2 Å². The molecule has 0 aliphatic heterocycles. The van der Waals surface area contributed by atoms with Crippen molar-refractivity contribution in [3.63, 3.8) is 0 Å². The van der Waals surface area contributed by atoms with Gasteiger partial charge in [0.1, 0.15) is 0 Å². The fraction of sp³-hybridized carbons (Fsp3) is 1.00. The first-order chi connectivity index (χ1) is 6.46. The largest absolute Gasteiger partial charge is 0.380 e. The average Bonchev–Trinajstić information content (AvgIpc) is 2.03. The Morgan fingerprint density at radius 2 is 1.64 bits per heavy atom. The van der Waals surface area contributed by atoms with Gasteiger partial charge in [0, 0.05) is 0 Å². The molecule has 0 saturated heterocycles. The summed E-state index contributed by atoms with van der Waals surface area (Å²) >= 11 is 0. The zero-order valence-electron chi connectivity index (χ0n) is 9.40. The van der Waals surface area contributed by atoms with E-state index >= 15 is 0 Å². The molecule has 86 valence electrons. The van der Waals surface area contributed by atoms with Crippen molar-refractivity contribution in [1.82, 2.24) is 0 Å². The van der Waals surface area contributed by atoms with Crippen LogP contribution < -0.4 is 0 Å². The van der Waals surface area contributed by atoms with Gasteiger partial charge in [0.25, 0.3) is 0 Å². The smallest absolute Gasteiger partial charge is 0.358 e. The number of rotatable bonds is 7. The Morgan fingerprint density at radius 1 is 1.21 bits per heavy atom. The lowest BCUT2D eigenvalue weighted by Crippen LogP contribution is -2.15. The second-order valence-electron chi connectivity index (χ2n) is 3.49. The summed E-state index contributed by atoms with van der Waals surface area (Å²) in [5.74, 6) is -0.748. The van der Waals surface area contributed by atoms with Crippen molar-refractivity contribution in [1.29, 1.82) is 0 Å². The minimum atomic E-state index is -3.31. The minimum Gasteiger partial charge on any atom is -0.380 e. The molecule has 0 aromatic heterocycles.